The number of fused-ring (bicyclic) bond motifs is 2. The fourth-order valence-corrected chi connectivity index (χ4v) is 4.02. The molecule has 1 atom stereocenters. The van der Waals surface area contributed by atoms with E-state index >= 15 is 0 Å². The molecule has 4 heterocycles. The summed E-state index contributed by atoms with van der Waals surface area (Å²) in [4.78, 5) is 20.1. The van der Waals surface area contributed by atoms with Crippen LogP contribution < -0.4 is 16.2 Å². The topological polar surface area (TPSA) is 121 Å². The molecule has 0 saturated carbocycles. The molecule has 3 aromatic heterocycles. The Labute approximate surface area is 165 Å². The van der Waals surface area contributed by atoms with E-state index in [4.69, 9.17) is 15.3 Å². The number of piperidine rings is 1. The highest BCUT2D eigenvalue weighted by Gasteiger charge is 2.24. The number of hydrogen-bond donors (Lipinski definition) is 1. The minimum absolute atomic E-state index is 0.129. The van der Waals surface area contributed by atoms with Crippen LogP contribution in [0.2, 0.25) is 0 Å². The molecule has 1 aliphatic rings. The van der Waals surface area contributed by atoms with Crippen LogP contribution in [-0.2, 0) is 13.1 Å². The van der Waals surface area contributed by atoms with Crippen molar-refractivity contribution in [2.45, 2.75) is 38.9 Å². The number of rotatable bonds is 4. The van der Waals surface area contributed by atoms with E-state index in [1.807, 2.05) is 29.7 Å². The Hall–Kier alpha value is -3.27. The van der Waals surface area contributed by atoms with E-state index in [1.54, 1.807) is 6.20 Å². The molecule has 2 N–H and O–H groups in total. The summed E-state index contributed by atoms with van der Waals surface area (Å²) in [6.45, 7) is 4.63. The van der Waals surface area contributed by atoms with E-state index < -0.39 is 0 Å². The van der Waals surface area contributed by atoms with Gasteiger partial charge >= 0.3 is 0 Å². The largest absolute Gasteiger partial charge is 0.341 e. The molecule has 1 aromatic carbocycles. The lowest BCUT2D eigenvalue weighted by Crippen LogP contribution is -2.44. The Kier molecular flexibility index (Phi) is 4.27. The van der Waals surface area contributed by atoms with Gasteiger partial charge in [0, 0.05) is 25.7 Å². The minimum Gasteiger partial charge on any atom is -0.341 e. The summed E-state index contributed by atoms with van der Waals surface area (Å²) < 4.78 is 8.17. The van der Waals surface area contributed by atoms with Crippen molar-refractivity contribution in [2.75, 3.05) is 18.0 Å². The second-order valence-corrected chi connectivity index (χ2v) is 7.43. The molecule has 150 valence electrons. The Morgan fingerprint density at radius 3 is 2.93 bits per heavy atom. The van der Waals surface area contributed by atoms with Crippen LogP contribution in [0.25, 0.3) is 22.1 Å². The van der Waals surface area contributed by atoms with Gasteiger partial charge in [-0.1, -0.05) is 6.07 Å². The third kappa shape index (κ3) is 3.05. The number of nitrogens with two attached hydrogens (primary N) is 1. The van der Waals surface area contributed by atoms with Crippen molar-refractivity contribution in [2.24, 2.45) is 5.73 Å². The zero-order chi connectivity index (χ0) is 20.0. The lowest BCUT2D eigenvalue weighted by Gasteiger charge is -2.31. The summed E-state index contributed by atoms with van der Waals surface area (Å²) >= 11 is 0. The van der Waals surface area contributed by atoms with Gasteiger partial charge in [0.15, 0.2) is 0 Å². The van der Waals surface area contributed by atoms with Gasteiger partial charge in [-0.25, -0.2) is 14.3 Å². The highest BCUT2D eigenvalue weighted by atomic mass is 16.6. The fourth-order valence-electron chi connectivity index (χ4n) is 4.02. The fraction of sp³-hybridized carbons (Fsp3) is 0.421. The summed E-state index contributed by atoms with van der Waals surface area (Å²) in [6.07, 6.45) is 3.70. The molecule has 0 bridgehead atoms. The maximum absolute atomic E-state index is 13.2. The van der Waals surface area contributed by atoms with Crippen molar-refractivity contribution in [3.05, 3.63) is 40.3 Å². The second-order valence-electron chi connectivity index (χ2n) is 7.43. The lowest BCUT2D eigenvalue weighted by molar-refractivity contribution is 0.315. The number of hydrogen-bond acceptors (Lipinski definition) is 8. The van der Waals surface area contributed by atoms with Gasteiger partial charge in [-0.15, -0.1) is 0 Å². The van der Waals surface area contributed by atoms with Crippen molar-refractivity contribution in [1.82, 2.24) is 29.6 Å². The van der Waals surface area contributed by atoms with E-state index in [1.165, 1.54) is 4.68 Å². The third-order valence-electron chi connectivity index (χ3n) is 5.44. The monoisotopic (exact) mass is 394 g/mol. The molecule has 0 amide bonds. The first kappa shape index (κ1) is 17.8. The molecule has 1 aliphatic heterocycles. The van der Waals surface area contributed by atoms with E-state index in [0.29, 0.717) is 35.2 Å². The first-order valence-electron chi connectivity index (χ1n) is 9.82. The molecule has 0 radical (unpaired) electrons. The Morgan fingerprint density at radius 2 is 2.10 bits per heavy atom. The van der Waals surface area contributed by atoms with Crippen molar-refractivity contribution >= 4 is 28.0 Å². The average molecular weight is 394 g/mol. The third-order valence-corrected chi connectivity index (χ3v) is 5.44. The molecular weight excluding hydrogens is 372 g/mol. The van der Waals surface area contributed by atoms with E-state index in [9.17, 15) is 4.79 Å². The molecule has 0 unspecified atom stereocenters. The summed E-state index contributed by atoms with van der Waals surface area (Å²) in [5, 5.41) is 12.0. The Bertz CT molecular complexity index is 1240. The van der Waals surface area contributed by atoms with E-state index in [0.717, 1.165) is 37.4 Å². The SMILES string of the molecule is CCn1c(N2CCC[C@@H](N)C2)nc2cnn(Cc3ccc4nonc4c3)c(=O)c21. The van der Waals surface area contributed by atoms with Gasteiger partial charge in [-0.3, -0.25) is 4.79 Å². The molecule has 1 fully saturated rings. The molecule has 10 nitrogen and oxygen atoms in total. The molecule has 29 heavy (non-hydrogen) atoms. The second kappa shape index (κ2) is 6.96. The zero-order valence-corrected chi connectivity index (χ0v) is 16.2. The van der Waals surface area contributed by atoms with Gasteiger partial charge in [0.1, 0.15) is 22.1 Å². The highest BCUT2D eigenvalue weighted by Crippen LogP contribution is 2.23. The van der Waals surface area contributed by atoms with Crippen LogP contribution in [0.15, 0.2) is 33.8 Å². The summed E-state index contributed by atoms with van der Waals surface area (Å²) in [6, 6.07) is 5.69. The standard InChI is InChI=1S/C19H22N8O2/c1-2-26-17-16(22-19(26)25-7-3-4-13(20)11-25)9-21-27(18(17)28)10-12-5-6-14-15(8-12)24-29-23-14/h5-6,8-9,13H,2-4,7,10-11,20H2,1H3/t13-/m1/s1. The van der Waals surface area contributed by atoms with Gasteiger partial charge in [-0.05, 0) is 47.8 Å². The summed E-state index contributed by atoms with van der Waals surface area (Å²) in [7, 11) is 0. The number of aryl methyl sites for hydroxylation is 1. The van der Waals surface area contributed by atoms with Gasteiger partial charge in [0.25, 0.3) is 5.56 Å². The Morgan fingerprint density at radius 1 is 1.24 bits per heavy atom. The average Bonchev–Trinajstić information content (AvgIpc) is 3.34. The number of nitrogens with zero attached hydrogens (tertiary/aromatic N) is 7. The zero-order valence-electron chi connectivity index (χ0n) is 16.2. The van der Waals surface area contributed by atoms with Crippen LogP contribution in [-0.4, -0.2) is 48.8 Å². The quantitative estimate of drug-likeness (QED) is 0.547. The Balaban J connectivity index is 1.55. The summed E-state index contributed by atoms with van der Waals surface area (Å²) in [5.74, 6) is 0.796. The predicted octanol–water partition coefficient (Wildman–Crippen LogP) is 1.12. The molecule has 1 saturated heterocycles. The van der Waals surface area contributed by atoms with Crippen LogP contribution >= 0.6 is 0 Å². The molecular formula is C19H22N8O2. The van der Waals surface area contributed by atoms with Crippen LogP contribution in [0.3, 0.4) is 0 Å². The smallest absolute Gasteiger partial charge is 0.293 e. The predicted molar refractivity (Wildman–Crippen MR) is 108 cm³/mol. The van der Waals surface area contributed by atoms with Crippen molar-refractivity contribution in [3.63, 3.8) is 0 Å². The first-order valence-corrected chi connectivity index (χ1v) is 9.82. The van der Waals surface area contributed by atoms with Crippen LogP contribution in [0.5, 0.6) is 0 Å². The first-order chi connectivity index (χ1) is 14.1. The van der Waals surface area contributed by atoms with Gasteiger partial charge < -0.3 is 15.2 Å². The maximum atomic E-state index is 13.2. The molecule has 10 heteroatoms. The lowest BCUT2D eigenvalue weighted by atomic mass is 10.1. The molecule has 5 rings (SSSR count). The number of imidazole rings is 1. The molecule has 0 spiro atoms. The van der Waals surface area contributed by atoms with E-state index in [2.05, 4.69) is 20.3 Å². The minimum atomic E-state index is -0.164. The van der Waals surface area contributed by atoms with Crippen molar-refractivity contribution in [1.29, 1.82) is 0 Å². The number of anilines is 1. The number of aromatic nitrogens is 6. The van der Waals surface area contributed by atoms with Crippen LogP contribution in [0, 0.1) is 0 Å². The maximum Gasteiger partial charge on any atom is 0.293 e. The van der Waals surface area contributed by atoms with E-state index in [-0.39, 0.29) is 11.6 Å². The summed E-state index contributed by atoms with van der Waals surface area (Å²) in [5.41, 5.74) is 9.39. The van der Waals surface area contributed by atoms with Gasteiger partial charge in [-0.2, -0.15) is 5.10 Å². The van der Waals surface area contributed by atoms with Crippen LogP contribution in [0.4, 0.5) is 5.95 Å². The molecule has 4 aromatic rings. The van der Waals surface area contributed by atoms with Crippen LogP contribution in [0.1, 0.15) is 25.3 Å². The van der Waals surface area contributed by atoms with Crippen molar-refractivity contribution in [3.8, 4) is 0 Å². The highest BCUT2D eigenvalue weighted by molar-refractivity contribution is 5.77. The molecule has 0 aliphatic carbocycles. The van der Waals surface area contributed by atoms with Crippen molar-refractivity contribution < 1.29 is 4.63 Å². The van der Waals surface area contributed by atoms with Gasteiger partial charge in [0.2, 0.25) is 5.95 Å². The van der Waals surface area contributed by atoms with Gasteiger partial charge in [0.05, 0.1) is 12.7 Å². The normalized spacial score (nSPS) is 17.4. The number of benzene rings is 1.